The van der Waals surface area contributed by atoms with Gasteiger partial charge >= 0.3 is 0 Å². The van der Waals surface area contributed by atoms with Crippen LogP contribution in [0.4, 0.5) is 0 Å². The summed E-state index contributed by atoms with van der Waals surface area (Å²) in [5.74, 6) is 0. The Labute approximate surface area is 63.1 Å². The number of alkyl halides is 1. The summed E-state index contributed by atoms with van der Waals surface area (Å²) in [5, 5.41) is 8.73. The maximum Gasteiger partial charge on any atom is 0.162 e. The second-order valence-corrected chi connectivity index (χ2v) is 5.68. The minimum atomic E-state index is -3.14. The minimum Gasteiger partial charge on any atom is -0.391 e. The van der Waals surface area contributed by atoms with Crippen LogP contribution in [0, 0.1) is 0 Å². The number of aliphatic hydroxyl groups excluding tert-OH is 1. The Hall–Kier alpha value is 0.390. The van der Waals surface area contributed by atoms with Crippen LogP contribution in [0.1, 0.15) is 6.92 Å². The van der Waals surface area contributed by atoms with Crippen molar-refractivity contribution in [2.75, 3.05) is 6.26 Å². The smallest absolute Gasteiger partial charge is 0.162 e. The average molecular weight is 217 g/mol. The van der Waals surface area contributed by atoms with E-state index in [2.05, 4.69) is 15.9 Å². The third-order valence-electron chi connectivity index (χ3n) is 0.788. The number of hydrogen-bond acceptors (Lipinski definition) is 3. The summed E-state index contributed by atoms with van der Waals surface area (Å²) in [7, 11) is -3.14. The van der Waals surface area contributed by atoms with Crippen molar-refractivity contribution in [1.82, 2.24) is 0 Å². The summed E-state index contributed by atoms with van der Waals surface area (Å²) >= 11 is 2.82. The molecule has 0 aliphatic carbocycles. The maximum absolute atomic E-state index is 10.6. The van der Waals surface area contributed by atoms with Crippen molar-refractivity contribution in [1.29, 1.82) is 0 Å². The number of aliphatic hydroxyl groups is 1. The molecule has 1 N–H and O–H groups in total. The molecule has 0 amide bonds. The van der Waals surface area contributed by atoms with Crippen LogP contribution in [0.5, 0.6) is 0 Å². The molecule has 0 unspecified atom stereocenters. The third-order valence-corrected chi connectivity index (χ3v) is 4.80. The van der Waals surface area contributed by atoms with Crippen molar-refractivity contribution in [3.05, 3.63) is 0 Å². The Balaban J connectivity index is 4.24. The van der Waals surface area contributed by atoms with Crippen molar-refractivity contribution in [2.45, 2.75) is 17.2 Å². The Morgan fingerprint density at radius 3 is 1.89 bits per heavy atom. The highest BCUT2D eigenvalue weighted by Crippen LogP contribution is 2.11. The lowest BCUT2D eigenvalue weighted by molar-refractivity contribution is 0.212. The lowest BCUT2D eigenvalue weighted by atomic mass is 10.5. The summed E-state index contributed by atoms with van der Waals surface area (Å²) in [5.41, 5.74) is 0. The normalized spacial score (nSPS) is 19.1. The van der Waals surface area contributed by atoms with Gasteiger partial charge in [-0.05, 0) is 6.92 Å². The molecule has 0 heterocycles. The summed E-state index contributed by atoms with van der Waals surface area (Å²) < 4.78 is 20.3. The second kappa shape index (κ2) is 2.98. The first kappa shape index (κ1) is 9.39. The number of halogens is 1. The van der Waals surface area contributed by atoms with Crippen molar-refractivity contribution >= 4 is 25.8 Å². The molecule has 0 aromatic carbocycles. The fourth-order valence-corrected chi connectivity index (χ4v) is 1.07. The zero-order chi connectivity index (χ0) is 7.65. The van der Waals surface area contributed by atoms with E-state index < -0.39 is 20.1 Å². The fourth-order valence-electron chi connectivity index (χ4n) is 0.358. The molecule has 56 valence electrons. The number of hydrogen-bond donors (Lipinski definition) is 1. The Kier molecular flexibility index (Phi) is 3.11. The summed E-state index contributed by atoms with van der Waals surface area (Å²) in [6.07, 6.45) is 0.207. The zero-order valence-electron chi connectivity index (χ0n) is 5.20. The van der Waals surface area contributed by atoms with Crippen molar-refractivity contribution in [2.24, 2.45) is 0 Å². The van der Waals surface area contributed by atoms with E-state index in [1.807, 2.05) is 0 Å². The SMILES string of the molecule is C[C@H](O)[C@H](Br)S(C)(=O)=O. The van der Waals surface area contributed by atoms with E-state index in [1.165, 1.54) is 6.92 Å². The van der Waals surface area contributed by atoms with Gasteiger partial charge in [-0.1, -0.05) is 15.9 Å². The second-order valence-electron chi connectivity index (χ2n) is 1.92. The van der Waals surface area contributed by atoms with Gasteiger partial charge in [-0.25, -0.2) is 8.42 Å². The molecule has 9 heavy (non-hydrogen) atoms. The lowest BCUT2D eigenvalue weighted by Gasteiger charge is -2.08. The molecule has 0 spiro atoms. The topological polar surface area (TPSA) is 54.4 Å². The molecular weight excluding hydrogens is 208 g/mol. The molecule has 0 fully saturated rings. The van der Waals surface area contributed by atoms with Crippen LogP contribution in [-0.2, 0) is 9.84 Å². The van der Waals surface area contributed by atoms with E-state index in [-0.39, 0.29) is 0 Å². The molecular formula is C4H9BrO3S. The molecule has 0 aliphatic heterocycles. The van der Waals surface area contributed by atoms with Gasteiger partial charge in [0.2, 0.25) is 0 Å². The van der Waals surface area contributed by atoms with Gasteiger partial charge in [-0.2, -0.15) is 0 Å². The molecule has 0 radical (unpaired) electrons. The fraction of sp³-hybridized carbons (Fsp3) is 1.00. The molecule has 0 saturated heterocycles. The van der Waals surface area contributed by atoms with Crippen LogP contribution in [0.25, 0.3) is 0 Å². The highest BCUT2D eigenvalue weighted by Gasteiger charge is 2.21. The molecule has 0 bridgehead atoms. The minimum absolute atomic E-state index is 0.843. The van der Waals surface area contributed by atoms with Crippen LogP contribution in [0.2, 0.25) is 0 Å². The van der Waals surface area contributed by atoms with Crippen LogP contribution < -0.4 is 0 Å². The predicted octanol–water partition coefficient (Wildman–Crippen LogP) is 0.133. The Morgan fingerprint density at radius 2 is 1.89 bits per heavy atom. The van der Waals surface area contributed by atoms with Gasteiger partial charge in [0.15, 0.2) is 9.84 Å². The van der Waals surface area contributed by atoms with Crippen LogP contribution in [0.3, 0.4) is 0 Å². The first-order valence-corrected chi connectivity index (χ1v) is 5.23. The van der Waals surface area contributed by atoms with Crippen molar-refractivity contribution in [3.63, 3.8) is 0 Å². The van der Waals surface area contributed by atoms with Crippen molar-refractivity contribution in [3.8, 4) is 0 Å². The first-order valence-electron chi connectivity index (χ1n) is 2.36. The van der Waals surface area contributed by atoms with Gasteiger partial charge < -0.3 is 5.11 Å². The first-order chi connectivity index (χ1) is 3.85. The van der Waals surface area contributed by atoms with Crippen molar-refractivity contribution < 1.29 is 13.5 Å². The zero-order valence-corrected chi connectivity index (χ0v) is 7.61. The molecule has 2 atom stereocenters. The van der Waals surface area contributed by atoms with E-state index in [4.69, 9.17) is 5.11 Å². The largest absolute Gasteiger partial charge is 0.391 e. The van der Waals surface area contributed by atoms with Gasteiger partial charge in [0.05, 0.1) is 6.10 Å². The van der Waals surface area contributed by atoms with Crippen LogP contribution in [-0.4, -0.2) is 30.0 Å². The molecule has 0 aromatic rings. The molecule has 0 aliphatic rings. The van der Waals surface area contributed by atoms with E-state index in [9.17, 15) is 8.42 Å². The summed E-state index contributed by atoms with van der Waals surface area (Å²) in [6.45, 7) is 1.42. The highest BCUT2D eigenvalue weighted by atomic mass is 79.9. The summed E-state index contributed by atoms with van der Waals surface area (Å²) in [6, 6.07) is 0. The number of sulfone groups is 1. The van der Waals surface area contributed by atoms with E-state index in [0.29, 0.717) is 0 Å². The van der Waals surface area contributed by atoms with Gasteiger partial charge in [-0.15, -0.1) is 0 Å². The van der Waals surface area contributed by atoms with E-state index in [0.717, 1.165) is 6.26 Å². The van der Waals surface area contributed by atoms with Gasteiger partial charge in [-0.3, -0.25) is 0 Å². The highest BCUT2D eigenvalue weighted by molar-refractivity contribution is 9.11. The van der Waals surface area contributed by atoms with Crippen LogP contribution >= 0.6 is 15.9 Å². The third kappa shape index (κ3) is 3.17. The summed E-state index contributed by atoms with van der Waals surface area (Å²) in [4.78, 5) is 0. The molecule has 0 saturated carbocycles. The quantitative estimate of drug-likeness (QED) is 0.669. The van der Waals surface area contributed by atoms with Gasteiger partial charge in [0.1, 0.15) is 4.16 Å². The predicted molar refractivity (Wildman–Crippen MR) is 39.2 cm³/mol. The Morgan fingerprint density at radius 1 is 1.56 bits per heavy atom. The van der Waals surface area contributed by atoms with Gasteiger partial charge in [0.25, 0.3) is 0 Å². The molecule has 0 aromatic heterocycles. The standard InChI is InChI=1S/C4H9BrO3S/c1-3(6)4(5)9(2,7)8/h3-4,6H,1-2H3/t3-,4+/m0/s1. The Bertz CT molecular complexity index is 172. The monoisotopic (exact) mass is 216 g/mol. The van der Waals surface area contributed by atoms with Crippen LogP contribution in [0.15, 0.2) is 0 Å². The van der Waals surface area contributed by atoms with E-state index >= 15 is 0 Å². The average Bonchev–Trinajstić information content (AvgIpc) is 1.62. The lowest BCUT2D eigenvalue weighted by Crippen LogP contribution is -2.24. The molecule has 5 heteroatoms. The van der Waals surface area contributed by atoms with E-state index in [1.54, 1.807) is 0 Å². The number of rotatable bonds is 2. The van der Waals surface area contributed by atoms with Gasteiger partial charge in [0, 0.05) is 6.26 Å². The molecule has 3 nitrogen and oxygen atoms in total. The molecule has 0 rings (SSSR count). The maximum atomic E-state index is 10.6.